The average molecular weight is 490 g/mol. The summed E-state index contributed by atoms with van der Waals surface area (Å²) in [5, 5.41) is 3.81. The lowest BCUT2D eigenvalue weighted by Crippen LogP contribution is -2.39. The SMILES string of the molecule is O=C(CN(c1cccc(Br)c1)S(=O)(=O)c1ccccc1)N/N=C\c1ccc(F)cc1. The molecule has 0 atom stereocenters. The lowest BCUT2D eigenvalue weighted by atomic mass is 10.2. The van der Waals surface area contributed by atoms with Crippen LogP contribution in [0.3, 0.4) is 0 Å². The maximum Gasteiger partial charge on any atom is 0.264 e. The van der Waals surface area contributed by atoms with Gasteiger partial charge in [0.15, 0.2) is 0 Å². The van der Waals surface area contributed by atoms with Gasteiger partial charge in [-0.3, -0.25) is 9.10 Å². The maximum absolute atomic E-state index is 13.2. The summed E-state index contributed by atoms with van der Waals surface area (Å²) in [7, 11) is -3.99. The van der Waals surface area contributed by atoms with E-state index in [1.54, 1.807) is 42.5 Å². The van der Waals surface area contributed by atoms with E-state index in [0.717, 1.165) is 4.31 Å². The summed E-state index contributed by atoms with van der Waals surface area (Å²) in [5.74, 6) is -1.01. The van der Waals surface area contributed by atoms with Crippen LogP contribution >= 0.6 is 15.9 Å². The van der Waals surface area contributed by atoms with Crippen LogP contribution in [0, 0.1) is 5.82 Å². The monoisotopic (exact) mass is 489 g/mol. The largest absolute Gasteiger partial charge is 0.271 e. The summed E-state index contributed by atoms with van der Waals surface area (Å²) in [6, 6.07) is 20.0. The Bertz CT molecular complexity index is 1150. The van der Waals surface area contributed by atoms with Gasteiger partial charge >= 0.3 is 0 Å². The van der Waals surface area contributed by atoms with Crippen molar-refractivity contribution >= 4 is 43.8 Å². The molecule has 0 saturated carbocycles. The molecule has 0 spiro atoms. The lowest BCUT2D eigenvalue weighted by Gasteiger charge is -2.23. The molecule has 3 aromatic rings. The normalized spacial score (nSPS) is 11.4. The molecule has 0 aromatic heterocycles. The number of carbonyl (C=O) groups excluding carboxylic acids is 1. The van der Waals surface area contributed by atoms with Gasteiger partial charge in [-0.25, -0.2) is 18.2 Å². The fourth-order valence-electron chi connectivity index (χ4n) is 2.56. The molecule has 0 aliphatic heterocycles. The Labute approximate surface area is 182 Å². The molecule has 6 nitrogen and oxygen atoms in total. The molecule has 0 fully saturated rings. The second kappa shape index (κ2) is 9.64. The van der Waals surface area contributed by atoms with Crippen molar-refractivity contribution in [3.05, 3.63) is 94.7 Å². The molecule has 0 saturated heterocycles. The fourth-order valence-corrected chi connectivity index (χ4v) is 4.38. The quantitative estimate of drug-likeness (QED) is 0.403. The van der Waals surface area contributed by atoms with E-state index in [9.17, 15) is 17.6 Å². The minimum Gasteiger partial charge on any atom is -0.271 e. The number of anilines is 1. The van der Waals surface area contributed by atoms with Gasteiger partial charge in [0, 0.05) is 4.47 Å². The Balaban J connectivity index is 1.82. The van der Waals surface area contributed by atoms with E-state index in [2.05, 4.69) is 26.5 Å². The number of hydrazone groups is 1. The molecule has 9 heteroatoms. The molecular formula is C21H17BrFN3O3S. The zero-order valence-corrected chi connectivity index (χ0v) is 18.0. The van der Waals surface area contributed by atoms with E-state index in [-0.39, 0.29) is 10.7 Å². The van der Waals surface area contributed by atoms with Crippen molar-refractivity contribution in [1.82, 2.24) is 5.43 Å². The van der Waals surface area contributed by atoms with E-state index < -0.39 is 22.5 Å². The Morgan fingerprint density at radius 1 is 1.03 bits per heavy atom. The number of nitrogens with one attached hydrogen (secondary N) is 1. The number of hydrogen-bond donors (Lipinski definition) is 1. The van der Waals surface area contributed by atoms with Gasteiger partial charge < -0.3 is 0 Å². The van der Waals surface area contributed by atoms with Gasteiger partial charge in [-0.1, -0.05) is 52.3 Å². The van der Waals surface area contributed by atoms with Crippen LogP contribution in [0.1, 0.15) is 5.56 Å². The number of hydrogen-bond acceptors (Lipinski definition) is 4. The van der Waals surface area contributed by atoms with Crippen molar-refractivity contribution in [3.8, 4) is 0 Å². The Hall–Kier alpha value is -3.04. The number of rotatable bonds is 7. The lowest BCUT2D eigenvalue weighted by molar-refractivity contribution is -0.119. The molecule has 3 rings (SSSR count). The maximum atomic E-state index is 13.2. The van der Waals surface area contributed by atoms with Gasteiger partial charge in [0.1, 0.15) is 12.4 Å². The smallest absolute Gasteiger partial charge is 0.264 e. The van der Waals surface area contributed by atoms with Crippen LogP contribution in [0.4, 0.5) is 10.1 Å². The van der Waals surface area contributed by atoms with Gasteiger partial charge in [0.2, 0.25) is 0 Å². The number of halogens is 2. The summed E-state index contributed by atoms with van der Waals surface area (Å²) in [6.45, 7) is -0.478. The zero-order valence-electron chi connectivity index (χ0n) is 15.6. The fraction of sp³-hybridized carbons (Fsp3) is 0.0476. The second-order valence-corrected chi connectivity index (χ2v) is 8.93. The molecule has 1 N–H and O–H groups in total. The molecule has 1 amide bonds. The minimum absolute atomic E-state index is 0.0626. The summed E-state index contributed by atoms with van der Waals surface area (Å²) < 4.78 is 40.9. The van der Waals surface area contributed by atoms with E-state index in [4.69, 9.17) is 0 Å². The predicted octanol–water partition coefficient (Wildman–Crippen LogP) is 3.93. The average Bonchev–Trinajstić information content (AvgIpc) is 2.74. The van der Waals surface area contributed by atoms with Crippen LogP contribution < -0.4 is 9.73 Å². The Morgan fingerprint density at radius 3 is 2.40 bits per heavy atom. The Kier molecular flexibility index (Phi) is 6.96. The Morgan fingerprint density at radius 2 is 1.73 bits per heavy atom. The highest BCUT2D eigenvalue weighted by Gasteiger charge is 2.27. The standard InChI is InChI=1S/C21H17BrFN3O3S/c22-17-5-4-6-19(13-17)26(30(28,29)20-7-2-1-3-8-20)15-21(27)25-24-14-16-9-11-18(23)12-10-16/h1-14H,15H2,(H,25,27)/b24-14-. The van der Waals surface area contributed by atoms with E-state index in [1.807, 2.05) is 0 Å². The second-order valence-electron chi connectivity index (χ2n) is 6.15. The van der Waals surface area contributed by atoms with Crippen LogP contribution in [0.25, 0.3) is 0 Å². The molecule has 3 aromatic carbocycles. The van der Waals surface area contributed by atoms with Gasteiger partial charge in [-0.15, -0.1) is 0 Å². The first kappa shape index (κ1) is 21.7. The van der Waals surface area contributed by atoms with Crippen molar-refractivity contribution in [1.29, 1.82) is 0 Å². The van der Waals surface area contributed by atoms with Crippen molar-refractivity contribution < 1.29 is 17.6 Å². The molecule has 0 unspecified atom stereocenters. The first-order valence-electron chi connectivity index (χ1n) is 8.77. The molecule has 30 heavy (non-hydrogen) atoms. The van der Waals surface area contributed by atoms with E-state index >= 15 is 0 Å². The van der Waals surface area contributed by atoms with Gasteiger partial charge in [0.25, 0.3) is 15.9 Å². The van der Waals surface area contributed by atoms with Crippen LogP contribution in [-0.4, -0.2) is 27.1 Å². The summed E-state index contributed by atoms with van der Waals surface area (Å²) >= 11 is 3.32. The van der Waals surface area contributed by atoms with Crippen LogP contribution in [0.5, 0.6) is 0 Å². The first-order valence-corrected chi connectivity index (χ1v) is 11.0. The summed E-state index contributed by atoms with van der Waals surface area (Å²) in [4.78, 5) is 12.5. The van der Waals surface area contributed by atoms with Gasteiger partial charge in [-0.2, -0.15) is 5.10 Å². The van der Waals surface area contributed by atoms with Crippen molar-refractivity contribution in [2.45, 2.75) is 4.90 Å². The van der Waals surface area contributed by atoms with E-state index in [0.29, 0.717) is 15.7 Å². The molecule has 0 aliphatic rings. The summed E-state index contributed by atoms with van der Waals surface area (Å²) in [6.07, 6.45) is 1.34. The van der Waals surface area contributed by atoms with Crippen molar-refractivity contribution in [2.24, 2.45) is 5.10 Å². The van der Waals surface area contributed by atoms with E-state index in [1.165, 1.54) is 42.6 Å². The number of carbonyl (C=O) groups is 1. The number of sulfonamides is 1. The highest BCUT2D eigenvalue weighted by Crippen LogP contribution is 2.26. The van der Waals surface area contributed by atoms with Crippen LogP contribution in [-0.2, 0) is 14.8 Å². The third-order valence-electron chi connectivity index (χ3n) is 3.99. The zero-order chi connectivity index (χ0) is 21.6. The third kappa shape index (κ3) is 5.52. The highest BCUT2D eigenvalue weighted by atomic mass is 79.9. The topological polar surface area (TPSA) is 78.8 Å². The van der Waals surface area contributed by atoms with Crippen LogP contribution in [0.15, 0.2) is 93.3 Å². The minimum atomic E-state index is -3.99. The van der Waals surface area contributed by atoms with Gasteiger partial charge in [-0.05, 0) is 48.0 Å². The predicted molar refractivity (Wildman–Crippen MR) is 117 cm³/mol. The van der Waals surface area contributed by atoms with Gasteiger partial charge in [0.05, 0.1) is 16.8 Å². The molecular weight excluding hydrogens is 473 g/mol. The number of amides is 1. The molecule has 154 valence electrons. The summed E-state index contributed by atoms with van der Waals surface area (Å²) in [5.41, 5.74) is 3.21. The molecule has 0 aliphatic carbocycles. The van der Waals surface area contributed by atoms with Crippen molar-refractivity contribution in [3.63, 3.8) is 0 Å². The number of nitrogens with zero attached hydrogens (tertiary/aromatic N) is 2. The van der Waals surface area contributed by atoms with Crippen LogP contribution in [0.2, 0.25) is 0 Å². The van der Waals surface area contributed by atoms with Crippen molar-refractivity contribution in [2.75, 3.05) is 10.8 Å². The first-order chi connectivity index (χ1) is 14.4. The molecule has 0 heterocycles. The molecule has 0 radical (unpaired) electrons. The number of benzene rings is 3. The third-order valence-corrected chi connectivity index (χ3v) is 6.27. The molecule has 0 bridgehead atoms. The highest BCUT2D eigenvalue weighted by molar-refractivity contribution is 9.10.